The molecule has 156 valence electrons. The molecule has 1 aromatic heterocycles. The molecule has 1 amide bonds. The summed E-state index contributed by atoms with van der Waals surface area (Å²) >= 11 is 0. The summed E-state index contributed by atoms with van der Waals surface area (Å²) in [5, 5.41) is 19.0. The molecule has 0 bridgehead atoms. The van der Waals surface area contributed by atoms with Crippen molar-refractivity contribution in [2.24, 2.45) is 5.18 Å². The fourth-order valence-corrected chi connectivity index (χ4v) is 3.95. The highest BCUT2D eigenvalue weighted by molar-refractivity contribution is 6.08. The Morgan fingerprint density at radius 1 is 0.875 bits per heavy atom. The van der Waals surface area contributed by atoms with Crippen molar-refractivity contribution in [1.82, 2.24) is 4.57 Å². The van der Waals surface area contributed by atoms with E-state index >= 15 is 0 Å². The van der Waals surface area contributed by atoms with Gasteiger partial charge in [0.25, 0.3) is 5.91 Å². The van der Waals surface area contributed by atoms with Gasteiger partial charge in [0.15, 0.2) is 5.69 Å². The highest BCUT2D eigenvalue weighted by atomic mass is 16.3. The summed E-state index contributed by atoms with van der Waals surface area (Å²) in [5.41, 5.74) is 2.63. The van der Waals surface area contributed by atoms with Crippen molar-refractivity contribution in [2.45, 2.75) is 6.54 Å². The van der Waals surface area contributed by atoms with Crippen LogP contribution in [-0.2, 0) is 6.54 Å². The molecule has 0 saturated carbocycles. The second-order valence-electron chi connectivity index (χ2n) is 7.58. The second-order valence-corrected chi connectivity index (χ2v) is 7.58. The van der Waals surface area contributed by atoms with Crippen molar-refractivity contribution in [3.63, 3.8) is 0 Å². The smallest absolute Gasteiger partial charge is 0.255 e. The Kier molecular flexibility index (Phi) is 4.88. The van der Waals surface area contributed by atoms with Gasteiger partial charge in [-0.1, -0.05) is 60.7 Å². The van der Waals surface area contributed by atoms with Gasteiger partial charge in [0, 0.05) is 16.6 Å². The van der Waals surface area contributed by atoms with Crippen LogP contribution < -0.4 is 5.32 Å². The van der Waals surface area contributed by atoms with Gasteiger partial charge in [-0.25, -0.2) is 0 Å². The van der Waals surface area contributed by atoms with Crippen LogP contribution in [0, 0.1) is 4.91 Å². The van der Waals surface area contributed by atoms with E-state index in [0.29, 0.717) is 28.7 Å². The first-order valence-corrected chi connectivity index (χ1v) is 10.2. The number of hydrogen-bond donors (Lipinski definition) is 2. The maximum atomic E-state index is 12.8. The number of benzene rings is 4. The van der Waals surface area contributed by atoms with Crippen LogP contribution in [0.25, 0.3) is 21.7 Å². The van der Waals surface area contributed by atoms with Crippen molar-refractivity contribution in [3.05, 3.63) is 107 Å². The van der Waals surface area contributed by atoms with Crippen LogP contribution in [0.4, 0.5) is 11.4 Å². The molecule has 32 heavy (non-hydrogen) atoms. The molecule has 0 saturated heterocycles. The number of anilines is 1. The van der Waals surface area contributed by atoms with E-state index in [2.05, 4.69) is 10.5 Å². The molecule has 0 aliphatic rings. The lowest BCUT2D eigenvalue weighted by Gasteiger charge is -2.09. The van der Waals surface area contributed by atoms with Crippen molar-refractivity contribution < 1.29 is 9.90 Å². The van der Waals surface area contributed by atoms with Gasteiger partial charge in [-0.15, -0.1) is 4.91 Å². The minimum atomic E-state index is -0.261. The standard InChI is InChI=1S/C26H19N3O3/c30-25(20-11-10-18-8-4-5-9-19(18)14-20)27-21-12-13-23-22(15-21)24(28-32)26(31)29(23)16-17-6-2-1-3-7-17/h1-15,31H,16H2,(H,27,30). The molecular weight excluding hydrogens is 402 g/mol. The number of carbonyl (C=O) groups is 1. The quantitative estimate of drug-likeness (QED) is 0.332. The zero-order valence-electron chi connectivity index (χ0n) is 17.0. The fraction of sp³-hybridized carbons (Fsp3) is 0.0385. The first kappa shape index (κ1) is 19.5. The van der Waals surface area contributed by atoms with Gasteiger partial charge in [-0.3, -0.25) is 4.79 Å². The molecule has 1 heterocycles. The SMILES string of the molecule is O=Nc1c(O)n(Cc2ccccc2)c2ccc(NC(=O)c3ccc4ccccc4c3)cc12. The molecule has 5 rings (SSSR count). The van der Waals surface area contributed by atoms with Crippen molar-refractivity contribution in [2.75, 3.05) is 5.32 Å². The Bertz CT molecular complexity index is 1470. The number of aromatic hydroxyl groups is 1. The number of amides is 1. The molecule has 2 N–H and O–H groups in total. The summed E-state index contributed by atoms with van der Waals surface area (Å²) in [5.74, 6) is -0.458. The Morgan fingerprint density at radius 3 is 2.41 bits per heavy atom. The predicted molar refractivity (Wildman–Crippen MR) is 127 cm³/mol. The van der Waals surface area contributed by atoms with Crippen LogP contribution in [0.15, 0.2) is 96.2 Å². The maximum Gasteiger partial charge on any atom is 0.255 e. The number of rotatable bonds is 5. The summed E-state index contributed by atoms with van der Waals surface area (Å²) in [6.45, 7) is 0.390. The van der Waals surface area contributed by atoms with Gasteiger partial charge in [-0.2, -0.15) is 0 Å². The molecule has 0 spiro atoms. The van der Waals surface area contributed by atoms with Crippen LogP contribution in [0.5, 0.6) is 5.88 Å². The Balaban J connectivity index is 1.48. The first-order valence-electron chi connectivity index (χ1n) is 10.2. The third-order valence-electron chi connectivity index (χ3n) is 5.55. The number of nitroso groups, excluding NO2 is 1. The topological polar surface area (TPSA) is 83.7 Å². The van der Waals surface area contributed by atoms with E-state index in [9.17, 15) is 14.8 Å². The van der Waals surface area contributed by atoms with Crippen molar-refractivity contribution in [3.8, 4) is 5.88 Å². The van der Waals surface area contributed by atoms with Gasteiger partial charge in [0.05, 0.1) is 12.1 Å². The third-order valence-corrected chi connectivity index (χ3v) is 5.55. The Hall–Kier alpha value is -4.45. The van der Waals surface area contributed by atoms with E-state index in [1.54, 1.807) is 28.8 Å². The largest absolute Gasteiger partial charge is 0.493 e. The first-order chi connectivity index (χ1) is 15.6. The van der Waals surface area contributed by atoms with E-state index in [-0.39, 0.29) is 17.5 Å². The highest BCUT2D eigenvalue weighted by Crippen LogP contribution is 2.40. The van der Waals surface area contributed by atoms with Crippen LogP contribution in [0.2, 0.25) is 0 Å². The lowest BCUT2D eigenvalue weighted by atomic mass is 10.1. The molecule has 5 aromatic rings. The normalized spacial score (nSPS) is 11.0. The molecule has 6 heteroatoms. The van der Waals surface area contributed by atoms with Gasteiger partial charge >= 0.3 is 0 Å². The maximum absolute atomic E-state index is 12.8. The molecule has 0 aliphatic carbocycles. The monoisotopic (exact) mass is 421 g/mol. The predicted octanol–water partition coefficient (Wildman–Crippen LogP) is 6.20. The molecule has 0 fully saturated rings. The van der Waals surface area contributed by atoms with E-state index in [1.807, 2.05) is 66.7 Å². The zero-order chi connectivity index (χ0) is 22.1. The molecule has 0 radical (unpaired) electrons. The summed E-state index contributed by atoms with van der Waals surface area (Å²) in [6.07, 6.45) is 0. The minimum absolute atomic E-state index is 0.0438. The number of aromatic nitrogens is 1. The van der Waals surface area contributed by atoms with Gasteiger partial charge in [0.2, 0.25) is 5.88 Å². The van der Waals surface area contributed by atoms with Crippen LogP contribution in [-0.4, -0.2) is 15.6 Å². The molecule has 0 unspecified atom stereocenters. The van der Waals surface area contributed by atoms with Gasteiger partial charge < -0.3 is 15.0 Å². The van der Waals surface area contributed by atoms with Crippen molar-refractivity contribution >= 4 is 39.0 Å². The lowest BCUT2D eigenvalue weighted by molar-refractivity contribution is 0.102. The van der Waals surface area contributed by atoms with Gasteiger partial charge in [0.1, 0.15) is 0 Å². The summed E-state index contributed by atoms with van der Waals surface area (Å²) in [6, 6.07) is 28.1. The zero-order valence-corrected chi connectivity index (χ0v) is 17.0. The lowest BCUT2D eigenvalue weighted by Crippen LogP contribution is -2.11. The summed E-state index contributed by atoms with van der Waals surface area (Å²) in [7, 11) is 0. The Morgan fingerprint density at radius 2 is 1.62 bits per heavy atom. The molecule has 4 aromatic carbocycles. The van der Waals surface area contributed by atoms with E-state index in [4.69, 9.17) is 0 Å². The van der Waals surface area contributed by atoms with Crippen molar-refractivity contribution in [1.29, 1.82) is 0 Å². The number of hydrogen-bond acceptors (Lipinski definition) is 4. The third kappa shape index (κ3) is 3.48. The highest BCUT2D eigenvalue weighted by Gasteiger charge is 2.19. The van der Waals surface area contributed by atoms with Crippen LogP contribution in [0.1, 0.15) is 15.9 Å². The Labute approximate surface area is 183 Å². The van der Waals surface area contributed by atoms with E-state index < -0.39 is 0 Å². The summed E-state index contributed by atoms with van der Waals surface area (Å²) in [4.78, 5) is 24.3. The molecule has 6 nitrogen and oxygen atoms in total. The fourth-order valence-electron chi connectivity index (χ4n) is 3.95. The number of fused-ring (bicyclic) bond motifs is 2. The number of carbonyl (C=O) groups excluding carboxylic acids is 1. The second kappa shape index (κ2) is 8.00. The molecule has 0 aliphatic heterocycles. The number of nitrogens with one attached hydrogen (secondary N) is 1. The average Bonchev–Trinajstić information content (AvgIpc) is 3.09. The minimum Gasteiger partial charge on any atom is -0.493 e. The average molecular weight is 421 g/mol. The van der Waals surface area contributed by atoms with Crippen LogP contribution in [0.3, 0.4) is 0 Å². The van der Waals surface area contributed by atoms with E-state index in [1.165, 1.54) is 0 Å². The molecule has 0 atom stereocenters. The van der Waals surface area contributed by atoms with E-state index in [0.717, 1.165) is 16.3 Å². The van der Waals surface area contributed by atoms with Crippen LogP contribution >= 0.6 is 0 Å². The number of nitrogens with zero attached hydrogens (tertiary/aromatic N) is 2. The molecular formula is C26H19N3O3. The van der Waals surface area contributed by atoms with Gasteiger partial charge in [-0.05, 0) is 51.8 Å². The summed E-state index contributed by atoms with van der Waals surface area (Å²) < 4.78 is 1.64.